The van der Waals surface area contributed by atoms with Gasteiger partial charge in [0.05, 0.1) is 0 Å². The second-order valence-electron chi connectivity index (χ2n) is 3.74. The molecule has 0 spiro atoms. The summed E-state index contributed by atoms with van der Waals surface area (Å²) in [4.78, 5) is 6.36. The van der Waals surface area contributed by atoms with Crippen LogP contribution in [0.15, 0.2) is 29.6 Å². The topological polar surface area (TPSA) is 16.1 Å². The molecule has 0 atom stereocenters. The van der Waals surface area contributed by atoms with Crippen molar-refractivity contribution in [1.29, 1.82) is 0 Å². The molecule has 0 unspecified atom stereocenters. The first kappa shape index (κ1) is 11.4. The minimum absolute atomic E-state index is 0.566. The van der Waals surface area contributed by atoms with Crippen LogP contribution in [0, 0.1) is 6.92 Å². The smallest absolute Gasteiger partial charge is 0.186 e. The van der Waals surface area contributed by atoms with E-state index in [9.17, 15) is 0 Å². The minimum Gasteiger partial charge on any atom is -0.347 e. The zero-order valence-electron chi connectivity index (χ0n) is 9.27. The van der Waals surface area contributed by atoms with E-state index in [2.05, 4.69) is 41.1 Å². The predicted octanol–water partition coefficient (Wildman–Crippen LogP) is 3.74. The van der Waals surface area contributed by atoms with Gasteiger partial charge in [0, 0.05) is 19.0 Å². The lowest BCUT2D eigenvalue weighted by Crippen LogP contribution is -2.16. The Morgan fingerprint density at radius 1 is 1.38 bits per heavy atom. The zero-order chi connectivity index (χ0) is 11.5. The molecule has 0 radical (unpaired) electrons. The molecule has 2 aromatic rings. The lowest BCUT2D eigenvalue weighted by molar-refractivity contribution is 0.907. The third kappa shape index (κ3) is 2.54. The summed E-state index contributed by atoms with van der Waals surface area (Å²) in [6.07, 6.45) is 0. The van der Waals surface area contributed by atoms with Crippen LogP contribution in [-0.4, -0.2) is 12.0 Å². The number of aryl methyl sites for hydroxylation is 1. The van der Waals surface area contributed by atoms with Crippen LogP contribution in [0.2, 0.25) is 5.15 Å². The molecule has 1 heterocycles. The number of anilines is 1. The molecule has 0 amide bonds. The van der Waals surface area contributed by atoms with E-state index in [1.165, 1.54) is 11.1 Å². The molecule has 0 bridgehead atoms. The maximum absolute atomic E-state index is 5.81. The second kappa shape index (κ2) is 4.85. The van der Waals surface area contributed by atoms with Gasteiger partial charge in [0.1, 0.15) is 5.15 Å². The Morgan fingerprint density at radius 3 is 2.75 bits per heavy atom. The number of hydrogen-bond acceptors (Lipinski definition) is 3. The molecule has 0 fully saturated rings. The quantitative estimate of drug-likeness (QED) is 0.827. The molecule has 2 rings (SSSR count). The van der Waals surface area contributed by atoms with Crippen molar-refractivity contribution >= 4 is 28.1 Å². The Morgan fingerprint density at radius 2 is 2.12 bits per heavy atom. The highest BCUT2D eigenvalue weighted by Gasteiger charge is 2.07. The monoisotopic (exact) mass is 252 g/mol. The summed E-state index contributed by atoms with van der Waals surface area (Å²) in [6, 6.07) is 8.38. The van der Waals surface area contributed by atoms with Gasteiger partial charge >= 0.3 is 0 Å². The first-order chi connectivity index (χ1) is 7.66. The van der Waals surface area contributed by atoms with Crippen LogP contribution < -0.4 is 4.90 Å². The van der Waals surface area contributed by atoms with Crippen LogP contribution in [0.25, 0.3) is 0 Å². The molecule has 0 saturated heterocycles. The summed E-state index contributed by atoms with van der Waals surface area (Å²) in [5.74, 6) is 0. The van der Waals surface area contributed by atoms with Gasteiger partial charge in [-0.1, -0.05) is 35.9 Å². The molecule has 16 heavy (non-hydrogen) atoms. The fourth-order valence-corrected chi connectivity index (χ4v) is 2.45. The lowest BCUT2D eigenvalue weighted by atomic mass is 10.1. The van der Waals surface area contributed by atoms with E-state index in [4.69, 9.17) is 11.6 Å². The second-order valence-corrected chi connectivity index (χ2v) is 4.96. The molecule has 84 valence electrons. The van der Waals surface area contributed by atoms with Gasteiger partial charge in [-0.3, -0.25) is 0 Å². The summed E-state index contributed by atoms with van der Waals surface area (Å²) in [6.45, 7) is 2.98. The van der Waals surface area contributed by atoms with Gasteiger partial charge in [-0.05, 0) is 18.1 Å². The number of hydrogen-bond donors (Lipinski definition) is 0. The third-order valence-corrected chi connectivity index (χ3v) is 3.74. The fraction of sp³-hybridized carbons (Fsp3) is 0.250. The standard InChI is InChI=1S/C12H13ClN2S/c1-9-5-3-4-6-10(9)7-15(2)12-14-11(13)8-16-12/h3-6,8H,7H2,1-2H3. The highest BCUT2D eigenvalue weighted by atomic mass is 35.5. The first-order valence-corrected chi connectivity index (χ1v) is 6.29. The Kier molecular flexibility index (Phi) is 3.46. The molecule has 2 nitrogen and oxygen atoms in total. The summed E-state index contributed by atoms with van der Waals surface area (Å²) in [5.41, 5.74) is 2.62. The van der Waals surface area contributed by atoms with Crippen molar-refractivity contribution in [1.82, 2.24) is 4.98 Å². The summed E-state index contributed by atoms with van der Waals surface area (Å²) in [5, 5.41) is 3.37. The van der Waals surface area contributed by atoms with E-state index in [0.29, 0.717) is 5.15 Å². The van der Waals surface area contributed by atoms with Gasteiger partial charge in [0.25, 0.3) is 0 Å². The molecule has 0 saturated carbocycles. The van der Waals surface area contributed by atoms with Crippen molar-refractivity contribution in [2.24, 2.45) is 0 Å². The normalized spacial score (nSPS) is 10.4. The van der Waals surface area contributed by atoms with Crippen LogP contribution >= 0.6 is 22.9 Å². The lowest BCUT2D eigenvalue weighted by Gasteiger charge is -2.16. The molecule has 1 aromatic heterocycles. The zero-order valence-corrected chi connectivity index (χ0v) is 10.8. The molecule has 0 aliphatic carbocycles. The molecule has 0 N–H and O–H groups in total. The van der Waals surface area contributed by atoms with Crippen molar-refractivity contribution in [2.45, 2.75) is 13.5 Å². The van der Waals surface area contributed by atoms with Gasteiger partial charge in [0.2, 0.25) is 0 Å². The molecule has 4 heteroatoms. The van der Waals surface area contributed by atoms with E-state index < -0.39 is 0 Å². The number of rotatable bonds is 3. The van der Waals surface area contributed by atoms with Gasteiger partial charge in [-0.15, -0.1) is 11.3 Å². The molecular weight excluding hydrogens is 240 g/mol. The Bertz CT molecular complexity index is 481. The summed E-state index contributed by atoms with van der Waals surface area (Å²) < 4.78 is 0. The van der Waals surface area contributed by atoms with Gasteiger partial charge in [0.15, 0.2) is 5.13 Å². The SMILES string of the molecule is Cc1ccccc1CN(C)c1nc(Cl)cs1. The fourth-order valence-electron chi connectivity index (χ4n) is 1.53. The van der Waals surface area contributed by atoms with Crippen LogP contribution in [0.3, 0.4) is 0 Å². The number of nitrogens with zero attached hydrogens (tertiary/aromatic N) is 2. The average molecular weight is 253 g/mol. The molecule has 0 aliphatic heterocycles. The van der Waals surface area contributed by atoms with E-state index in [-0.39, 0.29) is 0 Å². The molecule has 1 aromatic carbocycles. The van der Waals surface area contributed by atoms with Crippen molar-refractivity contribution < 1.29 is 0 Å². The van der Waals surface area contributed by atoms with Crippen molar-refractivity contribution in [3.05, 3.63) is 45.9 Å². The van der Waals surface area contributed by atoms with E-state index >= 15 is 0 Å². The van der Waals surface area contributed by atoms with Gasteiger partial charge in [-0.2, -0.15) is 0 Å². The molecular formula is C12H13ClN2S. The number of halogens is 1. The third-order valence-electron chi connectivity index (χ3n) is 2.46. The van der Waals surface area contributed by atoms with Crippen LogP contribution in [0.1, 0.15) is 11.1 Å². The number of thiazole rings is 1. The van der Waals surface area contributed by atoms with Crippen LogP contribution in [-0.2, 0) is 6.54 Å². The van der Waals surface area contributed by atoms with E-state index in [1.54, 1.807) is 11.3 Å². The van der Waals surface area contributed by atoms with Crippen LogP contribution in [0.4, 0.5) is 5.13 Å². The van der Waals surface area contributed by atoms with Gasteiger partial charge < -0.3 is 4.90 Å². The highest BCUT2D eigenvalue weighted by molar-refractivity contribution is 7.14. The Balaban J connectivity index is 2.13. The number of aromatic nitrogens is 1. The minimum atomic E-state index is 0.566. The predicted molar refractivity (Wildman–Crippen MR) is 70.4 cm³/mol. The maximum atomic E-state index is 5.81. The highest BCUT2D eigenvalue weighted by Crippen LogP contribution is 2.23. The van der Waals surface area contributed by atoms with E-state index in [0.717, 1.165) is 11.7 Å². The Labute approximate surface area is 105 Å². The van der Waals surface area contributed by atoms with Crippen molar-refractivity contribution in [3.63, 3.8) is 0 Å². The van der Waals surface area contributed by atoms with Crippen LogP contribution in [0.5, 0.6) is 0 Å². The number of benzene rings is 1. The van der Waals surface area contributed by atoms with Gasteiger partial charge in [-0.25, -0.2) is 4.98 Å². The summed E-state index contributed by atoms with van der Waals surface area (Å²) >= 11 is 7.38. The van der Waals surface area contributed by atoms with Crippen molar-refractivity contribution in [2.75, 3.05) is 11.9 Å². The average Bonchev–Trinajstić information content (AvgIpc) is 2.68. The largest absolute Gasteiger partial charge is 0.347 e. The van der Waals surface area contributed by atoms with E-state index in [1.807, 2.05) is 12.4 Å². The van der Waals surface area contributed by atoms with Crippen molar-refractivity contribution in [3.8, 4) is 0 Å². The Hall–Kier alpha value is -1.06. The molecule has 0 aliphatic rings. The summed E-state index contributed by atoms with van der Waals surface area (Å²) in [7, 11) is 2.03. The maximum Gasteiger partial charge on any atom is 0.186 e. The first-order valence-electron chi connectivity index (χ1n) is 5.03.